The monoisotopic (exact) mass is 195 g/mol. The van der Waals surface area contributed by atoms with E-state index in [9.17, 15) is 0 Å². The molecule has 5 nitrogen and oxygen atoms in total. The van der Waals surface area contributed by atoms with Crippen LogP contribution in [0.4, 0.5) is 0 Å². The van der Waals surface area contributed by atoms with Gasteiger partial charge in [-0.3, -0.25) is 0 Å². The number of ether oxygens (including phenoxy) is 2. The lowest BCUT2D eigenvalue weighted by molar-refractivity contribution is -0.00412. The average Bonchev–Trinajstić information content (AvgIpc) is 2.35. The van der Waals surface area contributed by atoms with Gasteiger partial charge in [-0.1, -0.05) is 0 Å². The third kappa shape index (κ3) is 3.76. The van der Waals surface area contributed by atoms with Crippen molar-refractivity contribution >= 4 is 8.38 Å². The van der Waals surface area contributed by atoms with Crippen LogP contribution in [-0.4, -0.2) is 35.1 Å². The van der Waals surface area contributed by atoms with Gasteiger partial charge in [0.2, 0.25) is 0 Å². The molecule has 0 aromatic heterocycles. The summed E-state index contributed by atoms with van der Waals surface area (Å²) in [6, 6.07) is 0. The Bertz CT molecular complexity index is 135. The summed E-state index contributed by atoms with van der Waals surface area (Å²) in [5.74, 6) is 0. The third-order valence-corrected chi connectivity index (χ3v) is 2.06. The van der Waals surface area contributed by atoms with Crippen molar-refractivity contribution in [1.29, 1.82) is 0 Å². The standard InChI is InChI=1S/C6H14NO4P/c7-6-2-1-5(11-6)3-10-4-12(8)9/h5-6,8-9H,1-4,7H2. The maximum atomic E-state index is 8.51. The second-order valence-corrected chi connectivity index (χ2v) is 3.75. The Hall–Kier alpha value is 0.230. The normalized spacial score (nSPS) is 30.0. The second kappa shape index (κ2) is 5.07. The Balaban J connectivity index is 2.00. The molecular formula is C6H14NO4P. The van der Waals surface area contributed by atoms with E-state index in [1.165, 1.54) is 0 Å². The van der Waals surface area contributed by atoms with Crippen LogP contribution in [-0.2, 0) is 9.47 Å². The Labute approximate surface area is 72.4 Å². The smallest absolute Gasteiger partial charge is 0.192 e. The van der Waals surface area contributed by atoms with Crippen molar-refractivity contribution in [2.24, 2.45) is 5.73 Å². The zero-order valence-corrected chi connectivity index (χ0v) is 7.61. The van der Waals surface area contributed by atoms with Crippen LogP contribution in [0.1, 0.15) is 12.8 Å². The van der Waals surface area contributed by atoms with Crippen LogP contribution in [0.15, 0.2) is 0 Å². The minimum absolute atomic E-state index is 0.00949. The maximum Gasteiger partial charge on any atom is 0.192 e. The molecule has 1 fully saturated rings. The molecule has 0 aromatic rings. The minimum atomic E-state index is -1.94. The van der Waals surface area contributed by atoms with E-state index in [2.05, 4.69) is 0 Å². The van der Waals surface area contributed by atoms with Gasteiger partial charge in [-0.25, -0.2) is 0 Å². The van der Waals surface area contributed by atoms with Crippen LogP contribution in [0.5, 0.6) is 0 Å². The molecule has 0 amide bonds. The summed E-state index contributed by atoms with van der Waals surface area (Å²) in [6.45, 7) is 0.396. The summed E-state index contributed by atoms with van der Waals surface area (Å²) in [6.07, 6.45) is 1.57. The van der Waals surface area contributed by atoms with Crippen molar-refractivity contribution in [3.05, 3.63) is 0 Å². The van der Waals surface area contributed by atoms with Crippen LogP contribution in [0, 0.1) is 0 Å². The van der Waals surface area contributed by atoms with Gasteiger partial charge in [0.15, 0.2) is 8.38 Å². The molecule has 0 spiro atoms. The van der Waals surface area contributed by atoms with Gasteiger partial charge in [0.1, 0.15) is 12.6 Å². The van der Waals surface area contributed by atoms with E-state index in [1.807, 2.05) is 0 Å². The number of rotatable bonds is 4. The maximum absolute atomic E-state index is 8.51. The summed E-state index contributed by atoms with van der Waals surface area (Å²) in [7, 11) is -1.94. The zero-order valence-electron chi connectivity index (χ0n) is 6.72. The first kappa shape index (κ1) is 10.3. The number of nitrogens with two attached hydrogens (primary N) is 1. The van der Waals surface area contributed by atoms with E-state index in [0.717, 1.165) is 12.8 Å². The summed E-state index contributed by atoms with van der Waals surface area (Å²) in [4.78, 5) is 17.0. The van der Waals surface area contributed by atoms with E-state index in [4.69, 9.17) is 25.0 Å². The highest BCUT2D eigenvalue weighted by molar-refractivity contribution is 7.44. The largest absolute Gasteiger partial charge is 0.369 e. The van der Waals surface area contributed by atoms with E-state index in [0.29, 0.717) is 6.61 Å². The van der Waals surface area contributed by atoms with Gasteiger partial charge in [0, 0.05) is 0 Å². The molecule has 0 aromatic carbocycles. The van der Waals surface area contributed by atoms with Gasteiger partial charge in [0.25, 0.3) is 0 Å². The van der Waals surface area contributed by atoms with Crippen LogP contribution in [0.3, 0.4) is 0 Å². The van der Waals surface area contributed by atoms with Crippen LogP contribution < -0.4 is 5.73 Å². The van der Waals surface area contributed by atoms with E-state index in [1.54, 1.807) is 0 Å². The first-order valence-corrected chi connectivity index (χ1v) is 5.26. The molecule has 2 atom stereocenters. The Morgan fingerprint density at radius 3 is 2.75 bits per heavy atom. The van der Waals surface area contributed by atoms with Gasteiger partial charge in [-0.05, 0) is 12.8 Å². The minimum Gasteiger partial charge on any atom is -0.369 e. The molecule has 0 aliphatic carbocycles. The molecule has 0 saturated carbocycles. The molecule has 4 N–H and O–H groups in total. The molecule has 12 heavy (non-hydrogen) atoms. The number of hydrogen-bond donors (Lipinski definition) is 3. The highest BCUT2D eigenvalue weighted by Crippen LogP contribution is 2.23. The first-order chi connectivity index (χ1) is 5.68. The summed E-state index contributed by atoms with van der Waals surface area (Å²) in [5.41, 5.74) is 5.48. The molecule has 1 heterocycles. The molecule has 6 heteroatoms. The van der Waals surface area contributed by atoms with Gasteiger partial charge in [-0.2, -0.15) is 0 Å². The lowest BCUT2D eigenvalue weighted by atomic mass is 10.2. The average molecular weight is 195 g/mol. The van der Waals surface area contributed by atoms with Crippen LogP contribution in [0.2, 0.25) is 0 Å². The molecule has 1 rings (SSSR count). The van der Waals surface area contributed by atoms with Crippen molar-refractivity contribution < 1.29 is 19.3 Å². The fourth-order valence-electron chi connectivity index (χ4n) is 1.12. The van der Waals surface area contributed by atoms with Crippen LogP contribution in [0.25, 0.3) is 0 Å². The number of hydrogen-bond acceptors (Lipinski definition) is 5. The lowest BCUT2D eigenvalue weighted by Gasteiger charge is -2.11. The van der Waals surface area contributed by atoms with Crippen molar-refractivity contribution in [2.45, 2.75) is 25.2 Å². The molecule has 2 unspecified atom stereocenters. The topological polar surface area (TPSA) is 84.9 Å². The summed E-state index contributed by atoms with van der Waals surface area (Å²) >= 11 is 0. The first-order valence-electron chi connectivity index (χ1n) is 3.82. The van der Waals surface area contributed by atoms with Crippen molar-refractivity contribution in [3.63, 3.8) is 0 Å². The fraction of sp³-hybridized carbons (Fsp3) is 1.00. The van der Waals surface area contributed by atoms with E-state index in [-0.39, 0.29) is 18.7 Å². The quantitative estimate of drug-likeness (QED) is 0.537. The Morgan fingerprint density at radius 2 is 2.25 bits per heavy atom. The molecule has 1 saturated heterocycles. The van der Waals surface area contributed by atoms with E-state index < -0.39 is 8.38 Å². The third-order valence-electron chi connectivity index (χ3n) is 1.65. The highest BCUT2D eigenvalue weighted by atomic mass is 31.2. The predicted octanol–water partition coefficient (Wildman–Crippen LogP) is -0.279. The van der Waals surface area contributed by atoms with Crippen molar-refractivity contribution in [3.8, 4) is 0 Å². The molecule has 1 aliphatic heterocycles. The van der Waals surface area contributed by atoms with Crippen molar-refractivity contribution in [2.75, 3.05) is 13.0 Å². The molecular weight excluding hydrogens is 181 g/mol. The summed E-state index contributed by atoms with van der Waals surface area (Å²) < 4.78 is 10.2. The second-order valence-electron chi connectivity index (χ2n) is 2.75. The van der Waals surface area contributed by atoms with E-state index >= 15 is 0 Å². The summed E-state index contributed by atoms with van der Waals surface area (Å²) in [5, 5.41) is 0. The highest BCUT2D eigenvalue weighted by Gasteiger charge is 2.22. The van der Waals surface area contributed by atoms with Crippen molar-refractivity contribution in [1.82, 2.24) is 0 Å². The lowest BCUT2D eigenvalue weighted by Crippen LogP contribution is -2.22. The van der Waals surface area contributed by atoms with Crippen LogP contribution >= 0.6 is 8.38 Å². The molecule has 72 valence electrons. The Kier molecular flexibility index (Phi) is 4.35. The zero-order chi connectivity index (χ0) is 8.97. The van der Waals surface area contributed by atoms with Gasteiger partial charge < -0.3 is 25.0 Å². The fourth-order valence-corrected chi connectivity index (χ4v) is 1.39. The molecule has 1 aliphatic rings. The van der Waals surface area contributed by atoms with Gasteiger partial charge in [0.05, 0.1) is 12.7 Å². The molecule has 0 radical (unpaired) electrons. The SMILES string of the molecule is NC1CCC(COCP(O)O)O1. The van der Waals surface area contributed by atoms with Gasteiger partial charge in [-0.15, -0.1) is 0 Å². The Morgan fingerprint density at radius 1 is 1.50 bits per heavy atom. The molecule has 0 bridgehead atoms. The predicted molar refractivity (Wildman–Crippen MR) is 44.3 cm³/mol. The van der Waals surface area contributed by atoms with Gasteiger partial charge >= 0.3 is 0 Å².